The molecule has 21 heavy (non-hydrogen) atoms. The maximum Gasteiger partial charge on any atom is 0.326 e. The fraction of sp³-hybridized carbons (Fsp3) is 0.429. The smallest absolute Gasteiger partial charge is 0.326 e. The van der Waals surface area contributed by atoms with E-state index in [-0.39, 0.29) is 12.8 Å². The first-order valence-corrected chi connectivity index (χ1v) is 6.67. The highest BCUT2D eigenvalue weighted by molar-refractivity contribution is 5.96. The Bertz CT molecular complexity index is 473. The second-order valence-corrected chi connectivity index (χ2v) is 4.53. The van der Waals surface area contributed by atoms with Crippen molar-refractivity contribution in [3.63, 3.8) is 0 Å². The number of aliphatic hydroxyl groups excluding tert-OH is 1. The van der Waals surface area contributed by atoms with Crippen LogP contribution < -0.4 is 10.6 Å². The van der Waals surface area contributed by atoms with Crippen molar-refractivity contribution in [3.05, 3.63) is 29.8 Å². The molecule has 1 unspecified atom stereocenters. The summed E-state index contributed by atoms with van der Waals surface area (Å²) in [4.78, 5) is 23.0. The molecule has 0 saturated carbocycles. The van der Waals surface area contributed by atoms with Crippen molar-refractivity contribution in [1.82, 2.24) is 5.32 Å². The average Bonchev–Trinajstić information content (AvgIpc) is 2.43. The Morgan fingerprint density at radius 2 is 1.76 bits per heavy atom. The lowest BCUT2D eigenvalue weighted by Gasteiger charge is -2.15. The van der Waals surface area contributed by atoms with Gasteiger partial charge in [0, 0.05) is 24.2 Å². The molecule has 5 N–H and O–H groups in total. The number of aliphatic carboxylic acids is 1. The van der Waals surface area contributed by atoms with Crippen LogP contribution in [0.5, 0.6) is 0 Å². The highest BCUT2D eigenvalue weighted by Crippen LogP contribution is 2.10. The Balaban J connectivity index is 2.65. The molecule has 0 aliphatic rings. The molecule has 0 aliphatic heterocycles. The Morgan fingerprint density at radius 3 is 2.24 bits per heavy atom. The second-order valence-electron chi connectivity index (χ2n) is 4.53. The molecule has 0 fully saturated rings. The Hall–Kier alpha value is -2.12. The molecule has 1 aromatic carbocycles. The standard InChI is InChI=1S/C14H20N2O5/c1-2-15-10-5-3-9(4-6-10)13(19)16-11(14(20)21)7-8-12(17)18/h3-6,11-12,15,17-18H,2,7-8H2,1H3,(H,16,19)(H,20,21). The van der Waals surface area contributed by atoms with Crippen LogP contribution in [0, 0.1) is 0 Å². The van der Waals surface area contributed by atoms with E-state index < -0.39 is 24.2 Å². The maximum atomic E-state index is 12.0. The van der Waals surface area contributed by atoms with Gasteiger partial charge >= 0.3 is 5.97 Å². The molecule has 7 heteroatoms. The number of carbonyl (C=O) groups is 2. The zero-order valence-electron chi connectivity index (χ0n) is 11.7. The van der Waals surface area contributed by atoms with Crippen LogP contribution >= 0.6 is 0 Å². The highest BCUT2D eigenvalue weighted by Gasteiger charge is 2.21. The normalized spacial score (nSPS) is 12.0. The predicted octanol–water partition coefficient (Wildman–Crippen LogP) is 0.392. The van der Waals surface area contributed by atoms with E-state index in [0.29, 0.717) is 5.56 Å². The lowest BCUT2D eigenvalue weighted by atomic mass is 10.1. The summed E-state index contributed by atoms with van der Waals surface area (Å²) in [6.45, 7) is 2.71. The first kappa shape index (κ1) is 16.9. The number of nitrogens with one attached hydrogen (secondary N) is 2. The van der Waals surface area contributed by atoms with Gasteiger partial charge in [0.15, 0.2) is 6.29 Å². The van der Waals surface area contributed by atoms with E-state index in [1.165, 1.54) is 0 Å². The van der Waals surface area contributed by atoms with Gasteiger partial charge in [0.1, 0.15) is 6.04 Å². The largest absolute Gasteiger partial charge is 0.480 e. The summed E-state index contributed by atoms with van der Waals surface area (Å²) in [5.74, 6) is -1.73. The van der Waals surface area contributed by atoms with Crippen LogP contribution in [0.25, 0.3) is 0 Å². The van der Waals surface area contributed by atoms with Crippen molar-refractivity contribution < 1.29 is 24.9 Å². The SMILES string of the molecule is CCNc1ccc(C(=O)NC(CCC(O)O)C(=O)O)cc1. The van der Waals surface area contributed by atoms with Crippen LogP contribution in [0.3, 0.4) is 0 Å². The first-order valence-electron chi connectivity index (χ1n) is 6.67. The predicted molar refractivity (Wildman–Crippen MR) is 77.0 cm³/mol. The number of carboxylic acids is 1. The van der Waals surface area contributed by atoms with Gasteiger partial charge in [-0.3, -0.25) is 4.79 Å². The number of hydrogen-bond donors (Lipinski definition) is 5. The summed E-state index contributed by atoms with van der Waals surface area (Å²) < 4.78 is 0. The number of carboxylic acid groups (broad SMARTS) is 1. The second kappa shape index (κ2) is 8.23. The minimum atomic E-state index is -1.59. The molecule has 1 rings (SSSR count). The molecule has 116 valence electrons. The van der Waals surface area contributed by atoms with Gasteiger partial charge in [-0.1, -0.05) is 0 Å². The van der Waals surface area contributed by atoms with E-state index in [4.69, 9.17) is 15.3 Å². The van der Waals surface area contributed by atoms with Crippen molar-refractivity contribution in [2.45, 2.75) is 32.1 Å². The molecule has 7 nitrogen and oxygen atoms in total. The first-order chi connectivity index (χ1) is 9.93. The van der Waals surface area contributed by atoms with Gasteiger partial charge in [-0.05, 0) is 37.6 Å². The minimum Gasteiger partial charge on any atom is -0.480 e. The molecule has 0 radical (unpaired) electrons. The number of carbonyl (C=O) groups excluding carboxylic acids is 1. The third kappa shape index (κ3) is 5.80. The summed E-state index contributed by atoms with van der Waals surface area (Å²) in [5, 5.41) is 32.0. The molecule has 0 aromatic heterocycles. The van der Waals surface area contributed by atoms with Gasteiger partial charge in [0.25, 0.3) is 5.91 Å². The molecular formula is C14H20N2O5. The summed E-state index contributed by atoms with van der Waals surface area (Å²) in [6, 6.07) is 5.48. The van der Waals surface area contributed by atoms with E-state index in [0.717, 1.165) is 12.2 Å². The summed E-state index contributed by atoms with van der Waals surface area (Å²) >= 11 is 0. The molecular weight excluding hydrogens is 276 g/mol. The van der Waals surface area contributed by atoms with Crippen molar-refractivity contribution in [2.75, 3.05) is 11.9 Å². The van der Waals surface area contributed by atoms with Crippen molar-refractivity contribution in [1.29, 1.82) is 0 Å². The molecule has 0 spiro atoms. The number of aliphatic hydroxyl groups is 2. The van der Waals surface area contributed by atoms with Crippen LogP contribution in [0.1, 0.15) is 30.1 Å². The molecule has 0 saturated heterocycles. The molecule has 0 bridgehead atoms. The van der Waals surface area contributed by atoms with E-state index in [9.17, 15) is 9.59 Å². The van der Waals surface area contributed by atoms with Gasteiger partial charge < -0.3 is 26.0 Å². The molecule has 1 amide bonds. The van der Waals surface area contributed by atoms with Crippen molar-refractivity contribution >= 4 is 17.6 Å². The molecule has 1 atom stereocenters. The maximum absolute atomic E-state index is 12.0. The minimum absolute atomic E-state index is 0.0613. The Kier molecular flexibility index (Phi) is 6.64. The van der Waals surface area contributed by atoms with Crippen LogP contribution in [0.4, 0.5) is 5.69 Å². The van der Waals surface area contributed by atoms with E-state index in [1.807, 2.05) is 6.92 Å². The number of amides is 1. The van der Waals surface area contributed by atoms with E-state index in [1.54, 1.807) is 24.3 Å². The fourth-order valence-electron chi connectivity index (χ4n) is 1.76. The van der Waals surface area contributed by atoms with Gasteiger partial charge in [-0.25, -0.2) is 4.79 Å². The summed E-state index contributed by atoms with van der Waals surface area (Å²) in [6.07, 6.45) is -1.78. The third-order valence-electron chi connectivity index (χ3n) is 2.84. The molecule has 0 heterocycles. The fourth-order valence-corrected chi connectivity index (χ4v) is 1.76. The van der Waals surface area contributed by atoms with Gasteiger partial charge in [-0.15, -0.1) is 0 Å². The van der Waals surface area contributed by atoms with Gasteiger partial charge in [0.2, 0.25) is 0 Å². The molecule has 0 aliphatic carbocycles. The van der Waals surface area contributed by atoms with Crippen LogP contribution in [-0.2, 0) is 4.79 Å². The number of anilines is 1. The Labute approximate surface area is 122 Å². The van der Waals surface area contributed by atoms with Crippen molar-refractivity contribution in [2.24, 2.45) is 0 Å². The van der Waals surface area contributed by atoms with Crippen LogP contribution in [0.2, 0.25) is 0 Å². The number of hydrogen-bond acceptors (Lipinski definition) is 5. The van der Waals surface area contributed by atoms with Crippen molar-refractivity contribution in [3.8, 4) is 0 Å². The van der Waals surface area contributed by atoms with Gasteiger partial charge in [0.05, 0.1) is 0 Å². The third-order valence-corrected chi connectivity index (χ3v) is 2.84. The topological polar surface area (TPSA) is 119 Å². The highest BCUT2D eigenvalue weighted by atomic mass is 16.5. The van der Waals surface area contributed by atoms with Crippen LogP contribution in [0.15, 0.2) is 24.3 Å². The van der Waals surface area contributed by atoms with E-state index in [2.05, 4.69) is 10.6 Å². The zero-order valence-corrected chi connectivity index (χ0v) is 11.7. The zero-order chi connectivity index (χ0) is 15.8. The lowest BCUT2D eigenvalue weighted by molar-refractivity contribution is -0.139. The van der Waals surface area contributed by atoms with E-state index >= 15 is 0 Å². The average molecular weight is 296 g/mol. The number of benzene rings is 1. The van der Waals surface area contributed by atoms with Gasteiger partial charge in [-0.2, -0.15) is 0 Å². The monoisotopic (exact) mass is 296 g/mol. The Morgan fingerprint density at radius 1 is 1.14 bits per heavy atom. The summed E-state index contributed by atoms with van der Waals surface area (Å²) in [7, 11) is 0. The lowest BCUT2D eigenvalue weighted by Crippen LogP contribution is -2.41. The molecule has 1 aromatic rings. The summed E-state index contributed by atoms with van der Waals surface area (Å²) in [5.41, 5.74) is 1.21. The quantitative estimate of drug-likeness (QED) is 0.443. The van der Waals surface area contributed by atoms with Crippen LogP contribution in [-0.4, -0.2) is 46.1 Å². The number of rotatable bonds is 8.